The van der Waals surface area contributed by atoms with Crippen molar-refractivity contribution in [2.24, 2.45) is 7.05 Å². The zero-order valence-electron chi connectivity index (χ0n) is 11.9. The number of halogens is 3. The van der Waals surface area contributed by atoms with Gasteiger partial charge in [0.05, 0.1) is 16.8 Å². The molecule has 2 rings (SSSR count). The fourth-order valence-corrected chi connectivity index (χ4v) is 3.78. The van der Waals surface area contributed by atoms with Crippen LogP contribution in [0.1, 0.15) is 0 Å². The summed E-state index contributed by atoms with van der Waals surface area (Å²) >= 11 is 17.5. The van der Waals surface area contributed by atoms with Gasteiger partial charge in [-0.2, -0.15) is 5.10 Å². The van der Waals surface area contributed by atoms with Crippen LogP contribution in [0, 0.1) is 0 Å². The largest absolute Gasteiger partial charge is 0.294 e. The van der Waals surface area contributed by atoms with E-state index < -0.39 is 15.6 Å². The molecule has 11 heteroatoms. The molecule has 7 nitrogen and oxygen atoms in total. The molecule has 23 heavy (non-hydrogen) atoms. The number of sulfonamides is 1. The van der Waals surface area contributed by atoms with Crippen molar-refractivity contribution < 1.29 is 8.42 Å². The third kappa shape index (κ3) is 3.96. The summed E-state index contributed by atoms with van der Waals surface area (Å²) in [5.74, 6) is 0. The molecule has 0 radical (unpaired) electrons. The number of hydrogen-bond acceptors (Lipinski definition) is 5. The van der Waals surface area contributed by atoms with E-state index in [2.05, 4.69) is 9.93 Å². The number of anilines is 1. The number of aryl methyl sites for hydroxylation is 1. The summed E-state index contributed by atoms with van der Waals surface area (Å²) in [5.41, 5.74) is -0.451. The van der Waals surface area contributed by atoms with Crippen molar-refractivity contribution in [1.82, 2.24) is 14.6 Å². The van der Waals surface area contributed by atoms with Crippen LogP contribution in [0.4, 0.5) is 5.69 Å². The Balaban J connectivity index is 2.37. The minimum atomic E-state index is -3.98. The highest BCUT2D eigenvalue weighted by Gasteiger charge is 2.20. The van der Waals surface area contributed by atoms with Gasteiger partial charge in [0.1, 0.15) is 5.02 Å². The normalized spacial score (nSPS) is 11.5. The first-order valence-corrected chi connectivity index (χ1v) is 8.67. The maximum absolute atomic E-state index is 12.4. The van der Waals surface area contributed by atoms with E-state index in [1.807, 2.05) is 0 Å². The van der Waals surface area contributed by atoms with Gasteiger partial charge in [0.2, 0.25) is 0 Å². The Morgan fingerprint density at radius 2 is 1.74 bits per heavy atom. The number of hydrogen-bond donors (Lipinski definition) is 1. The molecule has 0 fully saturated rings. The van der Waals surface area contributed by atoms with Crippen molar-refractivity contribution in [2.45, 2.75) is 4.90 Å². The predicted molar refractivity (Wildman–Crippen MR) is 89.7 cm³/mol. The van der Waals surface area contributed by atoms with Gasteiger partial charge in [-0.25, -0.2) is 13.1 Å². The van der Waals surface area contributed by atoms with Gasteiger partial charge in [-0.05, 0) is 18.2 Å². The fraction of sp³-hybridized carbons (Fsp3) is 0.167. The van der Waals surface area contributed by atoms with Gasteiger partial charge < -0.3 is 0 Å². The molecule has 0 atom stereocenters. The number of rotatable bonds is 4. The molecule has 1 aromatic heterocycles. The van der Waals surface area contributed by atoms with Gasteiger partial charge in [0.25, 0.3) is 15.6 Å². The van der Waals surface area contributed by atoms with Crippen LogP contribution in [0.2, 0.25) is 15.1 Å². The van der Waals surface area contributed by atoms with Gasteiger partial charge in [-0.15, -0.1) is 4.83 Å². The summed E-state index contributed by atoms with van der Waals surface area (Å²) in [6.07, 6.45) is 1.26. The standard InChI is InChI=1S/C12H11Cl3N4O3S/c1-18(10-6-16-19(2)12(20)11(10)15)17-23(21,22)9-4-7(13)3-8(14)5-9/h3-6,17H,1-2H3. The molecule has 0 aliphatic heterocycles. The number of nitrogens with zero attached hydrogens (tertiary/aromatic N) is 3. The highest BCUT2D eigenvalue weighted by Crippen LogP contribution is 2.23. The molecule has 0 spiro atoms. The van der Waals surface area contributed by atoms with E-state index in [0.29, 0.717) is 0 Å². The fourth-order valence-electron chi connectivity index (χ4n) is 1.70. The van der Waals surface area contributed by atoms with E-state index in [1.165, 1.54) is 38.5 Å². The Morgan fingerprint density at radius 1 is 1.17 bits per heavy atom. The van der Waals surface area contributed by atoms with Crippen LogP contribution < -0.4 is 15.4 Å². The molecular weight excluding hydrogens is 387 g/mol. The SMILES string of the molecule is CN(NS(=O)(=O)c1cc(Cl)cc(Cl)c1)c1cnn(C)c(=O)c1Cl. The lowest BCUT2D eigenvalue weighted by Gasteiger charge is -2.21. The maximum atomic E-state index is 12.4. The molecule has 1 aromatic carbocycles. The Labute approximate surface area is 147 Å². The summed E-state index contributed by atoms with van der Waals surface area (Å²) < 4.78 is 25.8. The molecule has 2 aromatic rings. The number of nitrogens with one attached hydrogen (secondary N) is 1. The van der Waals surface area contributed by atoms with Gasteiger partial charge in [-0.3, -0.25) is 9.80 Å². The minimum Gasteiger partial charge on any atom is -0.294 e. The summed E-state index contributed by atoms with van der Waals surface area (Å²) in [7, 11) is -1.17. The van der Waals surface area contributed by atoms with E-state index in [9.17, 15) is 13.2 Å². The molecule has 0 saturated carbocycles. The van der Waals surface area contributed by atoms with Gasteiger partial charge in [0, 0.05) is 24.1 Å². The van der Waals surface area contributed by atoms with Crippen LogP contribution >= 0.6 is 34.8 Å². The average molecular weight is 398 g/mol. The molecule has 0 saturated heterocycles. The second kappa shape index (κ2) is 6.66. The molecule has 0 aliphatic carbocycles. The monoisotopic (exact) mass is 396 g/mol. The molecule has 0 aliphatic rings. The van der Waals surface area contributed by atoms with Gasteiger partial charge in [-0.1, -0.05) is 34.8 Å². The second-order valence-corrected chi connectivity index (χ2v) is 7.44. The van der Waals surface area contributed by atoms with Crippen molar-refractivity contribution in [3.05, 3.63) is 49.8 Å². The number of hydrazine groups is 1. The van der Waals surface area contributed by atoms with E-state index in [-0.39, 0.29) is 25.7 Å². The lowest BCUT2D eigenvalue weighted by Crippen LogP contribution is -2.40. The lowest BCUT2D eigenvalue weighted by atomic mass is 10.4. The summed E-state index contributed by atoms with van der Waals surface area (Å²) in [4.78, 5) is 13.9. The van der Waals surface area contributed by atoms with Crippen LogP contribution in [-0.2, 0) is 17.1 Å². The van der Waals surface area contributed by atoms with E-state index >= 15 is 0 Å². The Bertz CT molecular complexity index is 894. The second-order valence-electron chi connectivity index (χ2n) is 4.53. The maximum Gasteiger partial charge on any atom is 0.287 e. The van der Waals surface area contributed by atoms with E-state index in [0.717, 1.165) is 9.69 Å². The van der Waals surface area contributed by atoms with Crippen LogP contribution in [0.3, 0.4) is 0 Å². The Kier molecular flexibility index (Phi) is 5.22. The smallest absolute Gasteiger partial charge is 0.287 e. The molecule has 0 amide bonds. The van der Waals surface area contributed by atoms with E-state index in [1.54, 1.807) is 0 Å². The highest BCUT2D eigenvalue weighted by molar-refractivity contribution is 7.89. The molecule has 124 valence electrons. The number of aromatic nitrogens is 2. The van der Waals surface area contributed by atoms with Crippen molar-refractivity contribution >= 4 is 50.5 Å². The van der Waals surface area contributed by atoms with E-state index in [4.69, 9.17) is 34.8 Å². The zero-order valence-corrected chi connectivity index (χ0v) is 15.0. The topological polar surface area (TPSA) is 84.3 Å². The molecule has 0 unspecified atom stereocenters. The Hall–Kier alpha value is -1.32. The minimum absolute atomic E-state index is 0.103. The average Bonchev–Trinajstić information content (AvgIpc) is 2.43. The van der Waals surface area contributed by atoms with Crippen molar-refractivity contribution in [3.63, 3.8) is 0 Å². The first kappa shape index (κ1) is 18.0. The highest BCUT2D eigenvalue weighted by atomic mass is 35.5. The van der Waals surface area contributed by atoms with Gasteiger partial charge in [0.15, 0.2) is 0 Å². The first-order chi connectivity index (χ1) is 10.6. The van der Waals surface area contributed by atoms with Crippen LogP contribution in [0.5, 0.6) is 0 Å². The number of benzene rings is 1. The Morgan fingerprint density at radius 3 is 2.30 bits per heavy atom. The van der Waals surface area contributed by atoms with Gasteiger partial charge >= 0.3 is 0 Å². The predicted octanol–water partition coefficient (Wildman–Crippen LogP) is 2.07. The molecule has 0 bridgehead atoms. The third-order valence-corrected chi connectivity index (χ3v) is 4.99. The van der Waals surface area contributed by atoms with Crippen molar-refractivity contribution in [1.29, 1.82) is 0 Å². The molecule has 1 heterocycles. The zero-order chi connectivity index (χ0) is 17.4. The van der Waals surface area contributed by atoms with Crippen LogP contribution in [0.25, 0.3) is 0 Å². The summed E-state index contributed by atoms with van der Waals surface area (Å²) in [6, 6.07) is 3.90. The first-order valence-electron chi connectivity index (χ1n) is 6.06. The summed E-state index contributed by atoms with van der Waals surface area (Å²) in [5, 5.41) is 5.04. The van der Waals surface area contributed by atoms with Crippen molar-refractivity contribution in [2.75, 3.05) is 12.1 Å². The lowest BCUT2D eigenvalue weighted by molar-refractivity contribution is 0.580. The molecular formula is C12H11Cl3N4O3S. The third-order valence-electron chi connectivity index (χ3n) is 2.82. The van der Waals surface area contributed by atoms with Crippen LogP contribution in [-0.4, -0.2) is 25.2 Å². The molecule has 1 N–H and O–H groups in total. The quantitative estimate of drug-likeness (QED) is 0.798. The van der Waals surface area contributed by atoms with Crippen LogP contribution in [0.15, 0.2) is 34.1 Å². The summed E-state index contributed by atoms with van der Waals surface area (Å²) in [6.45, 7) is 0. The van der Waals surface area contributed by atoms with Crippen molar-refractivity contribution in [3.8, 4) is 0 Å².